The Kier molecular flexibility index (Phi) is 7.85. The van der Waals surface area contributed by atoms with Crippen molar-refractivity contribution in [2.24, 2.45) is 0 Å². The van der Waals surface area contributed by atoms with Crippen molar-refractivity contribution in [1.82, 2.24) is 4.90 Å². The minimum Gasteiger partial charge on any atom is -0.389 e. The maximum absolute atomic E-state index is 13.0. The molecule has 0 aromatic heterocycles. The summed E-state index contributed by atoms with van der Waals surface area (Å²) < 4.78 is 44.1. The van der Waals surface area contributed by atoms with Crippen molar-refractivity contribution in [2.75, 3.05) is 26.2 Å². The molecule has 22 heavy (non-hydrogen) atoms. The van der Waals surface area contributed by atoms with Gasteiger partial charge in [-0.15, -0.1) is 0 Å². The van der Waals surface area contributed by atoms with Crippen LogP contribution in [0.4, 0.5) is 13.2 Å². The van der Waals surface area contributed by atoms with Crippen LogP contribution in [0.1, 0.15) is 19.4 Å². The first-order chi connectivity index (χ1) is 10.4. The monoisotopic (exact) mass is 319 g/mol. The molecule has 0 bridgehead atoms. The summed E-state index contributed by atoms with van der Waals surface area (Å²) in [5, 5.41) is 9.83. The number of rotatable bonds is 9. The summed E-state index contributed by atoms with van der Waals surface area (Å²) in [6.45, 7) is 5.33. The van der Waals surface area contributed by atoms with Gasteiger partial charge in [-0.3, -0.25) is 0 Å². The largest absolute Gasteiger partial charge is 0.414 e. The molecule has 2 atom stereocenters. The Morgan fingerprint density at radius 1 is 1.14 bits per heavy atom. The molecule has 0 saturated carbocycles. The third-order valence-corrected chi connectivity index (χ3v) is 3.48. The smallest absolute Gasteiger partial charge is 0.389 e. The summed E-state index contributed by atoms with van der Waals surface area (Å²) in [6, 6.07) is 8.40. The highest BCUT2D eigenvalue weighted by Gasteiger charge is 2.40. The third kappa shape index (κ3) is 6.77. The van der Waals surface area contributed by atoms with Gasteiger partial charge >= 0.3 is 6.18 Å². The van der Waals surface area contributed by atoms with Crippen LogP contribution in [0.2, 0.25) is 0 Å². The Balaban J connectivity index is 2.55. The zero-order valence-corrected chi connectivity index (χ0v) is 13.0. The number of alkyl halides is 3. The molecule has 0 aliphatic carbocycles. The van der Waals surface area contributed by atoms with Gasteiger partial charge < -0.3 is 14.7 Å². The fourth-order valence-electron chi connectivity index (χ4n) is 2.16. The minimum absolute atomic E-state index is 0.248. The van der Waals surface area contributed by atoms with Crippen LogP contribution >= 0.6 is 0 Å². The first-order valence-corrected chi connectivity index (χ1v) is 7.49. The van der Waals surface area contributed by atoms with Crippen molar-refractivity contribution in [2.45, 2.75) is 38.7 Å². The lowest BCUT2D eigenvalue weighted by Crippen LogP contribution is -2.39. The van der Waals surface area contributed by atoms with Gasteiger partial charge in [-0.2, -0.15) is 13.2 Å². The summed E-state index contributed by atoms with van der Waals surface area (Å²) >= 11 is 0. The lowest BCUT2D eigenvalue weighted by molar-refractivity contribution is -0.225. The maximum Gasteiger partial charge on any atom is 0.414 e. The molecule has 6 heteroatoms. The van der Waals surface area contributed by atoms with Crippen LogP contribution in [-0.2, 0) is 11.2 Å². The number of likely N-dealkylation sites (N-methyl/N-ethyl adjacent to an activating group) is 1. The number of hydrogen-bond donors (Lipinski definition) is 1. The second-order valence-electron chi connectivity index (χ2n) is 5.19. The molecule has 1 rings (SSSR count). The van der Waals surface area contributed by atoms with Crippen molar-refractivity contribution in [3.8, 4) is 0 Å². The Hall–Kier alpha value is -1.11. The minimum atomic E-state index is -4.45. The average Bonchev–Trinajstić information content (AvgIpc) is 2.48. The molecule has 0 spiro atoms. The van der Waals surface area contributed by atoms with E-state index in [4.69, 9.17) is 4.74 Å². The summed E-state index contributed by atoms with van der Waals surface area (Å²) in [5.41, 5.74) is 0.558. The summed E-state index contributed by atoms with van der Waals surface area (Å²) in [4.78, 5) is 1.94. The van der Waals surface area contributed by atoms with Gasteiger partial charge in [0.1, 0.15) is 0 Å². The van der Waals surface area contributed by atoms with Crippen LogP contribution in [0, 0.1) is 0 Å². The van der Waals surface area contributed by atoms with Crippen molar-refractivity contribution in [3.05, 3.63) is 35.9 Å². The number of nitrogens with zero attached hydrogens (tertiary/aromatic N) is 1. The molecule has 0 amide bonds. The molecule has 0 heterocycles. The van der Waals surface area contributed by atoms with E-state index in [-0.39, 0.29) is 13.0 Å². The first-order valence-electron chi connectivity index (χ1n) is 7.49. The standard InChI is InChI=1S/C16H24F3NO2/c1-3-20(4-2)11-14(21)12-22-15(16(17,18)19)10-13-8-6-5-7-9-13/h5-9,14-15,21H,3-4,10-12H2,1-2H3/t14-,15+/m0/s1. The van der Waals surface area contributed by atoms with Crippen LogP contribution in [0.15, 0.2) is 30.3 Å². The lowest BCUT2D eigenvalue weighted by atomic mass is 10.1. The average molecular weight is 319 g/mol. The van der Waals surface area contributed by atoms with Gasteiger partial charge in [0.25, 0.3) is 0 Å². The van der Waals surface area contributed by atoms with E-state index in [1.807, 2.05) is 18.7 Å². The maximum atomic E-state index is 13.0. The molecule has 0 fully saturated rings. The fourth-order valence-corrected chi connectivity index (χ4v) is 2.16. The summed E-state index contributed by atoms with van der Waals surface area (Å²) in [7, 11) is 0. The molecular weight excluding hydrogens is 295 g/mol. The van der Waals surface area contributed by atoms with Crippen molar-refractivity contribution < 1.29 is 23.0 Å². The predicted molar refractivity (Wildman–Crippen MR) is 79.7 cm³/mol. The van der Waals surface area contributed by atoms with Gasteiger partial charge in [-0.1, -0.05) is 44.2 Å². The van der Waals surface area contributed by atoms with E-state index in [1.54, 1.807) is 30.3 Å². The Labute approximate surface area is 129 Å². The molecule has 1 aromatic carbocycles. The number of aliphatic hydroxyl groups excluding tert-OH is 1. The molecular formula is C16H24F3NO2. The van der Waals surface area contributed by atoms with E-state index in [0.29, 0.717) is 12.1 Å². The Bertz CT molecular complexity index is 408. The molecule has 0 aliphatic heterocycles. The molecule has 1 N–H and O–H groups in total. The Morgan fingerprint density at radius 3 is 2.23 bits per heavy atom. The normalized spacial score (nSPS) is 15.0. The quantitative estimate of drug-likeness (QED) is 0.760. The molecule has 0 radical (unpaired) electrons. The zero-order valence-electron chi connectivity index (χ0n) is 13.0. The lowest BCUT2D eigenvalue weighted by Gasteiger charge is -2.25. The molecule has 1 aromatic rings. The zero-order chi connectivity index (χ0) is 16.6. The van der Waals surface area contributed by atoms with Gasteiger partial charge in [-0.25, -0.2) is 0 Å². The number of ether oxygens (including phenoxy) is 1. The molecule has 0 saturated heterocycles. The highest BCUT2D eigenvalue weighted by molar-refractivity contribution is 5.15. The number of aliphatic hydroxyl groups is 1. The van der Waals surface area contributed by atoms with Crippen molar-refractivity contribution in [1.29, 1.82) is 0 Å². The molecule has 0 aliphatic rings. The molecule has 3 nitrogen and oxygen atoms in total. The van der Waals surface area contributed by atoms with Gasteiger partial charge in [-0.05, 0) is 18.7 Å². The Morgan fingerprint density at radius 2 is 1.73 bits per heavy atom. The van der Waals surface area contributed by atoms with Gasteiger partial charge in [0.15, 0.2) is 6.10 Å². The van der Waals surface area contributed by atoms with Crippen LogP contribution in [0.25, 0.3) is 0 Å². The number of halogens is 3. The fraction of sp³-hybridized carbons (Fsp3) is 0.625. The van der Waals surface area contributed by atoms with E-state index in [2.05, 4.69) is 0 Å². The number of benzene rings is 1. The topological polar surface area (TPSA) is 32.7 Å². The molecule has 0 unspecified atom stereocenters. The van der Waals surface area contributed by atoms with Crippen LogP contribution in [-0.4, -0.2) is 54.6 Å². The highest BCUT2D eigenvalue weighted by atomic mass is 19.4. The van der Waals surface area contributed by atoms with E-state index >= 15 is 0 Å². The summed E-state index contributed by atoms with van der Waals surface area (Å²) in [5.74, 6) is 0. The number of hydrogen-bond acceptors (Lipinski definition) is 3. The van der Waals surface area contributed by atoms with Gasteiger partial charge in [0.05, 0.1) is 12.7 Å². The second kappa shape index (κ2) is 9.12. The molecule has 126 valence electrons. The van der Waals surface area contributed by atoms with Gasteiger partial charge in [0, 0.05) is 13.0 Å². The third-order valence-electron chi connectivity index (χ3n) is 3.48. The van der Waals surface area contributed by atoms with E-state index in [0.717, 1.165) is 13.1 Å². The van der Waals surface area contributed by atoms with Crippen LogP contribution in [0.3, 0.4) is 0 Å². The highest BCUT2D eigenvalue weighted by Crippen LogP contribution is 2.26. The van der Waals surface area contributed by atoms with E-state index < -0.39 is 18.4 Å². The van der Waals surface area contributed by atoms with Crippen LogP contribution < -0.4 is 0 Å². The van der Waals surface area contributed by atoms with E-state index in [9.17, 15) is 18.3 Å². The van der Waals surface area contributed by atoms with Crippen molar-refractivity contribution in [3.63, 3.8) is 0 Å². The van der Waals surface area contributed by atoms with Crippen LogP contribution in [0.5, 0.6) is 0 Å². The van der Waals surface area contributed by atoms with E-state index in [1.165, 1.54) is 0 Å². The second-order valence-corrected chi connectivity index (χ2v) is 5.19. The first kappa shape index (κ1) is 18.9. The van der Waals surface area contributed by atoms with Gasteiger partial charge in [0.2, 0.25) is 0 Å². The predicted octanol–water partition coefficient (Wildman–Crippen LogP) is 2.88. The SMILES string of the molecule is CCN(CC)C[C@H](O)CO[C@H](Cc1ccccc1)C(F)(F)F. The van der Waals surface area contributed by atoms with Crippen molar-refractivity contribution >= 4 is 0 Å². The summed E-state index contributed by atoms with van der Waals surface area (Å²) in [6.07, 6.45) is -7.53.